The molecule has 0 aliphatic carbocycles. The van der Waals surface area contributed by atoms with Crippen LogP contribution in [0.4, 0.5) is 14.9 Å². The van der Waals surface area contributed by atoms with Gasteiger partial charge in [-0.2, -0.15) is 0 Å². The van der Waals surface area contributed by atoms with Gasteiger partial charge in [0.2, 0.25) is 5.28 Å². The number of anilines is 1. The topological polar surface area (TPSA) is 94.2 Å². The standard InChI is InChI=1S/C24H27ClFN5O2S/c1-14(2)13-33-23(32)31-11-8-24(3,9-12-31)21-30-19(15-5-4-6-16(27)18(15)26)20(34-21)17-7-10-28-22(25)29-17/h4-7,10,14H,8-9,11-13,27H2,1-3H3. The number of amides is 1. The first-order valence-corrected chi connectivity index (χ1v) is 12.3. The molecule has 3 heterocycles. The second-order valence-electron chi connectivity index (χ2n) is 9.13. The van der Waals surface area contributed by atoms with Crippen LogP contribution in [0, 0.1) is 11.7 Å². The van der Waals surface area contributed by atoms with Crippen molar-refractivity contribution in [2.75, 3.05) is 25.4 Å². The Kier molecular flexibility index (Phi) is 7.04. The highest BCUT2D eigenvalue weighted by Crippen LogP contribution is 2.45. The van der Waals surface area contributed by atoms with Crippen molar-refractivity contribution >= 4 is 34.7 Å². The zero-order chi connectivity index (χ0) is 24.5. The third kappa shape index (κ3) is 5.00. The fourth-order valence-corrected chi connectivity index (χ4v) is 5.25. The lowest BCUT2D eigenvalue weighted by Crippen LogP contribution is -2.44. The zero-order valence-electron chi connectivity index (χ0n) is 19.3. The van der Waals surface area contributed by atoms with Crippen molar-refractivity contribution in [2.45, 2.75) is 39.0 Å². The van der Waals surface area contributed by atoms with Gasteiger partial charge in [0.1, 0.15) is 0 Å². The third-order valence-electron chi connectivity index (χ3n) is 5.95. The van der Waals surface area contributed by atoms with Crippen molar-refractivity contribution in [1.29, 1.82) is 0 Å². The fraction of sp³-hybridized carbons (Fsp3) is 0.417. The minimum Gasteiger partial charge on any atom is -0.449 e. The van der Waals surface area contributed by atoms with Crippen LogP contribution in [0.1, 0.15) is 38.6 Å². The number of benzene rings is 1. The molecule has 0 saturated carbocycles. The lowest BCUT2D eigenvalue weighted by molar-refractivity contribution is 0.0762. The lowest BCUT2D eigenvalue weighted by Gasteiger charge is -2.37. The predicted molar refractivity (Wildman–Crippen MR) is 132 cm³/mol. The Labute approximate surface area is 207 Å². The van der Waals surface area contributed by atoms with Crippen molar-refractivity contribution in [2.24, 2.45) is 5.92 Å². The maximum Gasteiger partial charge on any atom is 0.409 e. The first-order valence-electron chi connectivity index (χ1n) is 11.1. The first-order chi connectivity index (χ1) is 16.2. The Hall–Kier alpha value is -2.78. The molecule has 0 spiro atoms. The van der Waals surface area contributed by atoms with Crippen LogP contribution in [0.15, 0.2) is 30.5 Å². The van der Waals surface area contributed by atoms with E-state index in [-0.39, 0.29) is 28.4 Å². The molecule has 10 heteroatoms. The van der Waals surface area contributed by atoms with Gasteiger partial charge in [0.15, 0.2) is 5.82 Å². The first kappa shape index (κ1) is 24.3. The highest BCUT2D eigenvalue weighted by Gasteiger charge is 2.37. The lowest BCUT2D eigenvalue weighted by atomic mass is 9.81. The Morgan fingerprint density at radius 3 is 2.71 bits per heavy atom. The number of carbonyl (C=O) groups excluding carboxylic acids is 1. The largest absolute Gasteiger partial charge is 0.449 e. The van der Waals surface area contributed by atoms with E-state index in [2.05, 4.69) is 16.9 Å². The molecule has 1 aromatic carbocycles. The molecule has 3 aromatic rings. The van der Waals surface area contributed by atoms with Gasteiger partial charge in [0.05, 0.1) is 33.6 Å². The van der Waals surface area contributed by atoms with E-state index in [0.717, 1.165) is 5.01 Å². The minimum absolute atomic E-state index is 0.0538. The summed E-state index contributed by atoms with van der Waals surface area (Å²) in [5.74, 6) is -0.234. The van der Waals surface area contributed by atoms with Gasteiger partial charge in [-0.15, -0.1) is 11.3 Å². The minimum atomic E-state index is -0.520. The van der Waals surface area contributed by atoms with Crippen LogP contribution >= 0.6 is 22.9 Å². The van der Waals surface area contributed by atoms with E-state index < -0.39 is 5.82 Å². The summed E-state index contributed by atoms with van der Waals surface area (Å²) in [6.07, 6.45) is 2.70. The van der Waals surface area contributed by atoms with E-state index in [0.29, 0.717) is 54.4 Å². The number of nitrogens with zero attached hydrogens (tertiary/aromatic N) is 4. The van der Waals surface area contributed by atoms with E-state index in [4.69, 9.17) is 27.1 Å². The smallest absolute Gasteiger partial charge is 0.409 e. The van der Waals surface area contributed by atoms with E-state index in [1.54, 1.807) is 29.3 Å². The molecule has 0 atom stereocenters. The molecule has 1 saturated heterocycles. The quantitative estimate of drug-likeness (QED) is 0.350. The third-order valence-corrected chi connectivity index (χ3v) is 7.52. The average molecular weight is 504 g/mol. The van der Waals surface area contributed by atoms with Gasteiger partial charge in [0.25, 0.3) is 0 Å². The highest BCUT2D eigenvalue weighted by atomic mass is 35.5. The number of thiazole rings is 1. The fourth-order valence-electron chi connectivity index (χ4n) is 3.85. The number of hydrogen-bond acceptors (Lipinski definition) is 7. The summed E-state index contributed by atoms with van der Waals surface area (Å²) in [5.41, 5.74) is 6.95. The number of likely N-dealkylation sites (tertiary alicyclic amines) is 1. The van der Waals surface area contributed by atoms with Crippen LogP contribution in [0.25, 0.3) is 21.8 Å². The van der Waals surface area contributed by atoms with Gasteiger partial charge in [-0.05, 0) is 48.6 Å². The van der Waals surface area contributed by atoms with Gasteiger partial charge >= 0.3 is 6.09 Å². The Bertz CT molecular complexity index is 1190. The van der Waals surface area contributed by atoms with Crippen molar-refractivity contribution in [3.63, 3.8) is 0 Å². The second-order valence-corrected chi connectivity index (χ2v) is 10.5. The van der Waals surface area contributed by atoms with Crippen molar-refractivity contribution < 1.29 is 13.9 Å². The number of ether oxygens (including phenoxy) is 1. The molecule has 2 aromatic heterocycles. The number of carbonyl (C=O) groups is 1. The van der Waals surface area contributed by atoms with Crippen LogP contribution in [0.3, 0.4) is 0 Å². The maximum atomic E-state index is 15.0. The molecule has 180 valence electrons. The monoisotopic (exact) mass is 503 g/mol. The maximum absolute atomic E-state index is 15.0. The van der Waals surface area contributed by atoms with Crippen LogP contribution in [0.2, 0.25) is 5.28 Å². The summed E-state index contributed by atoms with van der Waals surface area (Å²) in [5, 5.41) is 0.954. The normalized spacial score (nSPS) is 15.5. The molecule has 34 heavy (non-hydrogen) atoms. The van der Waals surface area contributed by atoms with E-state index in [1.807, 2.05) is 13.8 Å². The Morgan fingerprint density at radius 2 is 2.03 bits per heavy atom. The molecule has 0 radical (unpaired) electrons. The summed E-state index contributed by atoms with van der Waals surface area (Å²) in [6.45, 7) is 7.66. The summed E-state index contributed by atoms with van der Waals surface area (Å²) < 4.78 is 20.4. The number of nitrogens with two attached hydrogens (primary N) is 1. The highest BCUT2D eigenvalue weighted by molar-refractivity contribution is 7.15. The van der Waals surface area contributed by atoms with Crippen LogP contribution in [0.5, 0.6) is 0 Å². The van der Waals surface area contributed by atoms with E-state index in [9.17, 15) is 4.79 Å². The van der Waals surface area contributed by atoms with E-state index in [1.165, 1.54) is 17.4 Å². The second kappa shape index (κ2) is 9.84. The molecule has 0 unspecified atom stereocenters. The van der Waals surface area contributed by atoms with Crippen molar-refractivity contribution in [1.82, 2.24) is 19.9 Å². The number of hydrogen-bond donors (Lipinski definition) is 1. The Morgan fingerprint density at radius 1 is 1.29 bits per heavy atom. The molecule has 2 N–H and O–H groups in total. The van der Waals surface area contributed by atoms with Gasteiger partial charge in [-0.1, -0.05) is 26.8 Å². The molecule has 0 bridgehead atoms. The van der Waals surface area contributed by atoms with Gasteiger partial charge in [0, 0.05) is 30.3 Å². The molecular formula is C24H27ClFN5O2S. The van der Waals surface area contributed by atoms with Crippen LogP contribution < -0.4 is 5.73 Å². The van der Waals surface area contributed by atoms with Gasteiger partial charge < -0.3 is 15.4 Å². The van der Waals surface area contributed by atoms with Crippen LogP contribution in [-0.4, -0.2) is 45.6 Å². The SMILES string of the molecule is CC(C)COC(=O)N1CCC(C)(c2nc(-c3cccc(N)c3F)c(-c3ccnc(Cl)n3)s2)CC1. The summed E-state index contributed by atoms with van der Waals surface area (Å²) in [7, 11) is 0. The molecular weight excluding hydrogens is 477 g/mol. The Balaban J connectivity index is 1.67. The number of nitrogen functional groups attached to an aromatic ring is 1. The van der Waals surface area contributed by atoms with Crippen molar-refractivity contribution in [3.8, 4) is 21.8 Å². The van der Waals surface area contributed by atoms with Crippen molar-refractivity contribution in [3.05, 3.63) is 46.6 Å². The van der Waals surface area contributed by atoms with Gasteiger partial charge in [-0.3, -0.25) is 0 Å². The van der Waals surface area contributed by atoms with E-state index >= 15 is 4.39 Å². The molecule has 1 aliphatic heterocycles. The zero-order valence-corrected chi connectivity index (χ0v) is 20.9. The number of rotatable bonds is 5. The summed E-state index contributed by atoms with van der Waals surface area (Å²) >= 11 is 7.50. The van der Waals surface area contributed by atoms with Crippen LogP contribution in [-0.2, 0) is 10.2 Å². The summed E-state index contributed by atoms with van der Waals surface area (Å²) in [4.78, 5) is 28.0. The summed E-state index contributed by atoms with van der Waals surface area (Å²) in [6, 6.07) is 6.61. The number of piperidine rings is 1. The number of aromatic nitrogens is 3. The molecule has 7 nitrogen and oxygen atoms in total. The molecule has 4 rings (SSSR count). The molecule has 1 fully saturated rings. The average Bonchev–Trinajstić information content (AvgIpc) is 3.26. The molecule has 1 aliphatic rings. The molecule has 1 amide bonds. The van der Waals surface area contributed by atoms with Gasteiger partial charge in [-0.25, -0.2) is 24.1 Å². The number of halogens is 2. The predicted octanol–water partition coefficient (Wildman–Crippen LogP) is 5.79.